The number of carbonyl (C=O) groups is 2. The topological polar surface area (TPSA) is 71.1 Å². The van der Waals surface area contributed by atoms with Crippen LogP contribution in [-0.2, 0) is 10.5 Å². The summed E-state index contributed by atoms with van der Waals surface area (Å²) in [6.45, 7) is 3.44. The summed E-state index contributed by atoms with van der Waals surface area (Å²) in [6.07, 6.45) is 0. The van der Waals surface area contributed by atoms with Gasteiger partial charge in [0.25, 0.3) is 5.91 Å². The van der Waals surface area contributed by atoms with Crippen LogP contribution in [-0.4, -0.2) is 16.8 Å². The molecule has 1 heterocycles. The molecule has 7 heteroatoms. The van der Waals surface area contributed by atoms with Gasteiger partial charge in [0, 0.05) is 39.9 Å². The summed E-state index contributed by atoms with van der Waals surface area (Å²) in [6, 6.07) is 14.5. The third-order valence-corrected chi connectivity index (χ3v) is 5.48. The van der Waals surface area contributed by atoms with Gasteiger partial charge in [0.1, 0.15) is 0 Å². The number of nitrogens with one attached hydrogen (secondary N) is 2. The molecule has 3 rings (SSSR count). The van der Waals surface area contributed by atoms with E-state index in [0.29, 0.717) is 16.9 Å². The second-order valence-electron chi connectivity index (χ2n) is 5.89. The van der Waals surface area contributed by atoms with E-state index in [1.807, 2.05) is 31.2 Å². The van der Waals surface area contributed by atoms with Crippen LogP contribution in [0.4, 0.5) is 11.4 Å². The molecule has 0 aliphatic carbocycles. The van der Waals surface area contributed by atoms with Crippen molar-refractivity contribution in [3.8, 4) is 0 Å². The highest BCUT2D eigenvalue weighted by atomic mass is 32.2. The quantitative estimate of drug-likeness (QED) is 0.577. The Morgan fingerprint density at radius 2 is 1.78 bits per heavy atom. The van der Waals surface area contributed by atoms with E-state index in [0.717, 1.165) is 21.3 Å². The van der Waals surface area contributed by atoms with Crippen LogP contribution in [0.2, 0.25) is 0 Å². The number of aromatic nitrogens is 1. The van der Waals surface area contributed by atoms with Gasteiger partial charge < -0.3 is 10.6 Å². The molecule has 3 aromatic rings. The van der Waals surface area contributed by atoms with Crippen molar-refractivity contribution in [3.05, 3.63) is 70.2 Å². The third-order valence-electron chi connectivity index (χ3n) is 3.61. The molecule has 1 aromatic heterocycles. The predicted molar refractivity (Wildman–Crippen MR) is 112 cm³/mol. The van der Waals surface area contributed by atoms with E-state index in [9.17, 15) is 9.59 Å². The standard InChI is InChI=1S/C20H19N3O2S2/c1-13(24)21-16-4-3-5-17(10-16)23-20(25)15-6-8-19(9-7-15)27-12-18-11-26-14(2)22-18/h3-11H,12H2,1-2H3,(H,21,24)(H,23,25). The van der Waals surface area contributed by atoms with Crippen molar-refractivity contribution in [2.75, 3.05) is 10.6 Å². The van der Waals surface area contributed by atoms with Crippen LogP contribution in [0.5, 0.6) is 0 Å². The fourth-order valence-electron chi connectivity index (χ4n) is 2.42. The molecule has 0 aliphatic rings. The molecule has 0 aliphatic heterocycles. The molecule has 2 aromatic carbocycles. The van der Waals surface area contributed by atoms with Crippen LogP contribution < -0.4 is 10.6 Å². The lowest BCUT2D eigenvalue weighted by atomic mass is 10.2. The normalized spacial score (nSPS) is 10.4. The van der Waals surface area contributed by atoms with Gasteiger partial charge in [0.2, 0.25) is 5.91 Å². The molecule has 0 radical (unpaired) electrons. The van der Waals surface area contributed by atoms with Crippen LogP contribution in [0.15, 0.2) is 58.8 Å². The average Bonchev–Trinajstić information content (AvgIpc) is 3.05. The molecule has 0 fully saturated rings. The molecular weight excluding hydrogens is 378 g/mol. The lowest BCUT2D eigenvalue weighted by molar-refractivity contribution is -0.114. The van der Waals surface area contributed by atoms with E-state index in [-0.39, 0.29) is 11.8 Å². The monoisotopic (exact) mass is 397 g/mol. The molecular formula is C20H19N3O2S2. The highest BCUT2D eigenvalue weighted by molar-refractivity contribution is 7.98. The lowest BCUT2D eigenvalue weighted by Crippen LogP contribution is -2.12. The molecule has 5 nitrogen and oxygen atoms in total. The number of thioether (sulfide) groups is 1. The maximum absolute atomic E-state index is 12.4. The zero-order valence-electron chi connectivity index (χ0n) is 15.0. The third kappa shape index (κ3) is 5.67. The van der Waals surface area contributed by atoms with Crippen LogP contribution in [0.1, 0.15) is 28.0 Å². The first kappa shape index (κ1) is 19.1. The van der Waals surface area contributed by atoms with Crippen LogP contribution >= 0.6 is 23.1 Å². The van der Waals surface area contributed by atoms with E-state index < -0.39 is 0 Å². The highest BCUT2D eigenvalue weighted by Gasteiger charge is 2.08. The van der Waals surface area contributed by atoms with Crippen molar-refractivity contribution in [2.45, 2.75) is 24.5 Å². The summed E-state index contributed by atoms with van der Waals surface area (Å²) in [4.78, 5) is 29.1. The van der Waals surface area contributed by atoms with Gasteiger partial charge in [-0.15, -0.1) is 23.1 Å². The summed E-state index contributed by atoms with van der Waals surface area (Å²) in [5.74, 6) is 0.465. The van der Waals surface area contributed by atoms with Gasteiger partial charge in [0.15, 0.2) is 0 Å². The Balaban J connectivity index is 1.59. The van der Waals surface area contributed by atoms with Crippen molar-refractivity contribution in [1.29, 1.82) is 0 Å². The molecule has 0 atom stereocenters. The smallest absolute Gasteiger partial charge is 0.255 e. The van der Waals surface area contributed by atoms with Crippen molar-refractivity contribution in [2.24, 2.45) is 0 Å². The van der Waals surface area contributed by atoms with Gasteiger partial charge in [-0.2, -0.15) is 0 Å². The Morgan fingerprint density at radius 3 is 2.41 bits per heavy atom. The largest absolute Gasteiger partial charge is 0.326 e. The maximum Gasteiger partial charge on any atom is 0.255 e. The molecule has 0 bridgehead atoms. The molecule has 0 spiro atoms. The number of carbonyl (C=O) groups excluding carboxylic acids is 2. The molecule has 2 N–H and O–H groups in total. The lowest BCUT2D eigenvalue weighted by Gasteiger charge is -2.08. The maximum atomic E-state index is 12.4. The summed E-state index contributed by atoms with van der Waals surface area (Å²) in [5.41, 5.74) is 2.92. The summed E-state index contributed by atoms with van der Waals surface area (Å²) in [5, 5.41) is 8.68. The first-order valence-corrected chi connectivity index (χ1v) is 10.2. The zero-order chi connectivity index (χ0) is 19.2. The molecule has 0 unspecified atom stereocenters. The Morgan fingerprint density at radius 1 is 1.07 bits per heavy atom. The number of thiazole rings is 1. The van der Waals surface area contributed by atoms with Crippen LogP contribution in [0.25, 0.3) is 0 Å². The highest BCUT2D eigenvalue weighted by Crippen LogP contribution is 2.24. The van der Waals surface area contributed by atoms with Crippen LogP contribution in [0.3, 0.4) is 0 Å². The Kier molecular flexibility index (Phi) is 6.26. The molecule has 0 saturated carbocycles. The minimum absolute atomic E-state index is 0.153. The Hall–Kier alpha value is -2.64. The molecule has 138 valence electrons. The van der Waals surface area contributed by atoms with Gasteiger partial charge in [-0.25, -0.2) is 4.98 Å². The van der Waals surface area contributed by atoms with E-state index in [2.05, 4.69) is 21.0 Å². The van der Waals surface area contributed by atoms with Crippen LogP contribution in [0, 0.1) is 6.92 Å². The SMILES string of the molecule is CC(=O)Nc1cccc(NC(=O)c2ccc(SCc3csc(C)n3)cc2)c1. The number of benzene rings is 2. The van der Waals surface area contributed by atoms with E-state index in [1.165, 1.54) is 6.92 Å². The second-order valence-corrected chi connectivity index (χ2v) is 8.00. The van der Waals surface area contributed by atoms with Crippen molar-refractivity contribution in [1.82, 2.24) is 4.98 Å². The molecule has 27 heavy (non-hydrogen) atoms. The van der Waals surface area contributed by atoms with Crippen molar-refractivity contribution in [3.63, 3.8) is 0 Å². The van der Waals surface area contributed by atoms with Gasteiger partial charge in [-0.1, -0.05) is 6.07 Å². The molecule has 0 saturated heterocycles. The fourth-order valence-corrected chi connectivity index (χ4v) is 3.92. The summed E-state index contributed by atoms with van der Waals surface area (Å²) >= 11 is 3.34. The zero-order valence-corrected chi connectivity index (χ0v) is 16.6. The van der Waals surface area contributed by atoms with Gasteiger partial charge in [0.05, 0.1) is 10.7 Å². The Labute approximate surface area is 166 Å². The fraction of sp³-hybridized carbons (Fsp3) is 0.150. The number of nitrogens with zero attached hydrogens (tertiary/aromatic N) is 1. The summed E-state index contributed by atoms with van der Waals surface area (Å²) < 4.78 is 0. The van der Waals surface area contributed by atoms with Crippen molar-refractivity contribution >= 4 is 46.3 Å². The number of aryl methyl sites for hydroxylation is 1. The summed E-state index contributed by atoms with van der Waals surface area (Å²) in [7, 11) is 0. The van der Waals surface area contributed by atoms with E-state index >= 15 is 0 Å². The van der Waals surface area contributed by atoms with E-state index in [1.54, 1.807) is 47.4 Å². The number of anilines is 2. The Bertz CT molecular complexity index is 952. The van der Waals surface area contributed by atoms with Crippen molar-refractivity contribution < 1.29 is 9.59 Å². The average molecular weight is 398 g/mol. The number of hydrogen-bond donors (Lipinski definition) is 2. The van der Waals surface area contributed by atoms with Gasteiger partial charge in [-0.3, -0.25) is 9.59 Å². The van der Waals surface area contributed by atoms with Gasteiger partial charge >= 0.3 is 0 Å². The molecule has 2 amide bonds. The van der Waals surface area contributed by atoms with E-state index in [4.69, 9.17) is 0 Å². The first-order chi connectivity index (χ1) is 13.0. The number of rotatable bonds is 6. The van der Waals surface area contributed by atoms with Gasteiger partial charge in [-0.05, 0) is 49.4 Å². The number of hydrogen-bond acceptors (Lipinski definition) is 5. The minimum Gasteiger partial charge on any atom is -0.326 e. The number of amides is 2. The second kappa shape index (κ2) is 8.83. The minimum atomic E-state index is -0.193. The first-order valence-electron chi connectivity index (χ1n) is 8.32. The predicted octanol–water partition coefficient (Wildman–Crippen LogP) is 4.95.